The quantitative estimate of drug-likeness (QED) is 0.826. The predicted octanol–water partition coefficient (Wildman–Crippen LogP) is 3.33. The van der Waals surface area contributed by atoms with Crippen LogP contribution in [-0.4, -0.2) is 17.6 Å². The van der Waals surface area contributed by atoms with Crippen LogP contribution < -0.4 is 5.73 Å². The fourth-order valence-electron chi connectivity index (χ4n) is 1.75. The molecule has 0 aliphatic carbocycles. The number of aromatic nitrogens is 1. The zero-order valence-corrected chi connectivity index (χ0v) is 13.0. The van der Waals surface area contributed by atoms with Crippen molar-refractivity contribution in [1.82, 2.24) is 4.98 Å². The molecule has 0 aromatic carbocycles. The molecule has 2 unspecified atom stereocenters. The third-order valence-corrected chi connectivity index (χ3v) is 4.58. The van der Waals surface area contributed by atoms with Crippen LogP contribution in [-0.2, 0) is 16.8 Å². The summed E-state index contributed by atoms with van der Waals surface area (Å²) >= 11 is 1.68. The molecule has 1 rings (SSSR count). The summed E-state index contributed by atoms with van der Waals surface area (Å²) in [6, 6.07) is 0.180. The van der Waals surface area contributed by atoms with Crippen molar-refractivity contribution in [2.24, 2.45) is 11.7 Å². The second-order valence-corrected chi connectivity index (χ2v) is 6.13. The first-order valence-corrected chi connectivity index (χ1v) is 7.65. The van der Waals surface area contributed by atoms with Crippen LogP contribution in [0.1, 0.15) is 51.7 Å². The van der Waals surface area contributed by atoms with E-state index in [9.17, 15) is 0 Å². The Morgan fingerprint density at radius 1 is 1.44 bits per heavy atom. The van der Waals surface area contributed by atoms with Crippen molar-refractivity contribution in [2.45, 2.75) is 59.1 Å². The van der Waals surface area contributed by atoms with Crippen LogP contribution >= 0.6 is 11.3 Å². The van der Waals surface area contributed by atoms with Crippen LogP contribution in [0.5, 0.6) is 0 Å². The number of hydrogen-bond donors (Lipinski definition) is 1. The molecule has 0 fully saturated rings. The molecular formula is C14H26N2OS. The molecule has 104 valence electrons. The summed E-state index contributed by atoms with van der Waals surface area (Å²) in [5.74, 6) is 0.486. The van der Waals surface area contributed by atoms with E-state index < -0.39 is 0 Å². The van der Waals surface area contributed by atoms with Crippen molar-refractivity contribution in [1.29, 1.82) is 0 Å². The Hall–Kier alpha value is -0.450. The van der Waals surface area contributed by atoms with E-state index in [1.165, 1.54) is 0 Å². The molecule has 2 N–H and O–H groups in total. The van der Waals surface area contributed by atoms with Gasteiger partial charge in [0.1, 0.15) is 10.6 Å². The lowest BCUT2D eigenvalue weighted by Crippen LogP contribution is -2.29. The van der Waals surface area contributed by atoms with E-state index >= 15 is 0 Å². The Kier molecular flexibility index (Phi) is 5.76. The summed E-state index contributed by atoms with van der Waals surface area (Å²) in [4.78, 5) is 4.71. The molecule has 0 radical (unpaired) electrons. The molecule has 2 atom stereocenters. The zero-order valence-electron chi connectivity index (χ0n) is 12.2. The number of rotatable bonds is 7. The molecule has 0 saturated heterocycles. The molecule has 3 nitrogen and oxygen atoms in total. The van der Waals surface area contributed by atoms with Gasteiger partial charge < -0.3 is 10.5 Å². The minimum Gasteiger partial charge on any atom is -0.368 e. The standard InChI is InChI=1S/C14H26N2OS/c1-6-14(5,17-7-2)13-16-11(9-18-13)8-12(15)10(3)4/h9-10,12H,6-8,15H2,1-5H3. The molecule has 0 amide bonds. The van der Waals surface area contributed by atoms with Crippen molar-refractivity contribution in [3.8, 4) is 0 Å². The highest BCUT2D eigenvalue weighted by atomic mass is 32.1. The third kappa shape index (κ3) is 3.77. The lowest BCUT2D eigenvalue weighted by molar-refractivity contribution is -0.0325. The smallest absolute Gasteiger partial charge is 0.125 e. The van der Waals surface area contributed by atoms with Crippen LogP contribution in [0, 0.1) is 5.92 Å². The van der Waals surface area contributed by atoms with E-state index in [4.69, 9.17) is 15.5 Å². The first-order valence-electron chi connectivity index (χ1n) is 6.77. The molecule has 4 heteroatoms. The summed E-state index contributed by atoms with van der Waals surface area (Å²) in [5, 5.41) is 3.18. The van der Waals surface area contributed by atoms with Gasteiger partial charge in [-0.1, -0.05) is 20.8 Å². The molecule has 1 aromatic heterocycles. The van der Waals surface area contributed by atoms with Crippen LogP contribution in [0.25, 0.3) is 0 Å². The molecule has 0 aliphatic rings. The summed E-state index contributed by atoms with van der Waals surface area (Å²) < 4.78 is 5.85. The molecular weight excluding hydrogens is 244 g/mol. The average molecular weight is 270 g/mol. The van der Waals surface area contributed by atoms with Crippen molar-refractivity contribution in [3.05, 3.63) is 16.1 Å². The van der Waals surface area contributed by atoms with Gasteiger partial charge >= 0.3 is 0 Å². The average Bonchev–Trinajstić information content (AvgIpc) is 2.78. The largest absolute Gasteiger partial charge is 0.368 e. The van der Waals surface area contributed by atoms with Gasteiger partial charge in [-0.3, -0.25) is 0 Å². The highest BCUT2D eigenvalue weighted by Gasteiger charge is 2.28. The number of hydrogen-bond acceptors (Lipinski definition) is 4. The van der Waals surface area contributed by atoms with Gasteiger partial charge in [-0.25, -0.2) is 4.98 Å². The van der Waals surface area contributed by atoms with Crippen LogP contribution in [0.4, 0.5) is 0 Å². The number of nitrogens with two attached hydrogens (primary N) is 1. The fourth-order valence-corrected chi connectivity index (χ4v) is 2.77. The molecule has 0 bridgehead atoms. The predicted molar refractivity (Wildman–Crippen MR) is 77.9 cm³/mol. The maximum atomic E-state index is 6.09. The monoisotopic (exact) mass is 270 g/mol. The van der Waals surface area contributed by atoms with E-state index in [2.05, 4.69) is 33.1 Å². The van der Waals surface area contributed by atoms with Crippen LogP contribution in [0.3, 0.4) is 0 Å². The molecule has 0 spiro atoms. The Morgan fingerprint density at radius 2 is 2.11 bits per heavy atom. The van der Waals surface area contributed by atoms with Gasteiger partial charge in [0.15, 0.2) is 0 Å². The van der Waals surface area contributed by atoms with Gasteiger partial charge in [-0.2, -0.15) is 0 Å². The van der Waals surface area contributed by atoms with Gasteiger partial charge in [0.25, 0.3) is 0 Å². The molecule has 0 saturated carbocycles. The van der Waals surface area contributed by atoms with Crippen molar-refractivity contribution < 1.29 is 4.74 Å². The van der Waals surface area contributed by atoms with E-state index in [1.54, 1.807) is 11.3 Å². The number of ether oxygens (including phenoxy) is 1. The van der Waals surface area contributed by atoms with Gasteiger partial charge in [-0.05, 0) is 26.2 Å². The minimum absolute atomic E-state index is 0.180. The first-order chi connectivity index (χ1) is 8.42. The van der Waals surface area contributed by atoms with E-state index in [1.807, 2.05) is 6.92 Å². The zero-order chi connectivity index (χ0) is 13.8. The molecule has 1 heterocycles. The molecule has 1 aromatic rings. The van der Waals surface area contributed by atoms with Gasteiger partial charge in [0.05, 0.1) is 5.69 Å². The lowest BCUT2D eigenvalue weighted by Gasteiger charge is -2.25. The van der Waals surface area contributed by atoms with Crippen molar-refractivity contribution in [3.63, 3.8) is 0 Å². The second-order valence-electron chi connectivity index (χ2n) is 5.27. The maximum absolute atomic E-state index is 6.09. The number of thiazole rings is 1. The summed E-state index contributed by atoms with van der Waals surface area (Å²) in [6.07, 6.45) is 1.78. The SMILES string of the molecule is CCOC(C)(CC)c1nc(CC(N)C(C)C)cs1. The van der Waals surface area contributed by atoms with Crippen LogP contribution in [0.2, 0.25) is 0 Å². The van der Waals surface area contributed by atoms with Gasteiger partial charge in [0, 0.05) is 24.4 Å². The lowest BCUT2D eigenvalue weighted by atomic mass is 10.0. The number of nitrogens with zero attached hydrogens (tertiary/aromatic N) is 1. The molecule has 18 heavy (non-hydrogen) atoms. The Morgan fingerprint density at radius 3 is 2.61 bits per heavy atom. The van der Waals surface area contributed by atoms with E-state index in [0.717, 1.165) is 23.5 Å². The first kappa shape index (κ1) is 15.6. The second kappa shape index (κ2) is 6.64. The Labute approximate surface area is 115 Å². The van der Waals surface area contributed by atoms with Crippen molar-refractivity contribution in [2.75, 3.05) is 6.61 Å². The van der Waals surface area contributed by atoms with E-state index in [-0.39, 0.29) is 11.6 Å². The van der Waals surface area contributed by atoms with E-state index in [0.29, 0.717) is 12.5 Å². The van der Waals surface area contributed by atoms with Gasteiger partial charge in [0.2, 0.25) is 0 Å². The molecule has 0 aliphatic heterocycles. The minimum atomic E-state index is -0.250. The van der Waals surface area contributed by atoms with Crippen molar-refractivity contribution >= 4 is 11.3 Å². The highest BCUT2D eigenvalue weighted by molar-refractivity contribution is 7.09. The topological polar surface area (TPSA) is 48.1 Å². The summed E-state index contributed by atoms with van der Waals surface area (Å²) in [5.41, 5.74) is 6.93. The van der Waals surface area contributed by atoms with Gasteiger partial charge in [-0.15, -0.1) is 11.3 Å². The summed E-state index contributed by atoms with van der Waals surface area (Å²) in [6.45, 7) is 11.3. The highest BCUT2D eigenvalue weighted by Crippen LogP contribution is 2.31. The Balaban J connectivity index is 2.78. The maximum Gasteiger partial charge on any atom is 0.125 e. The third-order valence-electron chi connectivity index (χ3n) is 3.44. The Bertz CT molecular complexity index is 364. The summed E-state index contributed by atoms with van der Waals surface area (Å²) in [7, 11) is 0. The normalized spacial score (nSPS) is 16.8. The van der Waals surface area contributed by atoms with Crippen LogP contribution in [0.15, 0.2) is 5.38 Å². The fraction of sp³-hybridized carbons (Fsp3) is 0.786.